The van der Waals surface area contributed by atoms with Crippen LogP contribution in [0.2, 0.25) is 0 Å². The highest BCUT2D eigenvalue weighted by Crippen LogP contribution is 2.34. The van der Waals surface area contributed by atoms with Crippen molar-refractivity contribution in [2.45, 2.75) is 129 Å². The summed E-state index contributed by atoms with van der Waals surface area (Å²) in [4.78, 5) is 2.74. The van der Waals surface area contributed by atoms with Gasteiger partial charge in [-0.05, 0) is 24.9 Å². The first-order valence-corrected chi connectivity index (χ1v) is 13.5. The van der Waals surface area contributed by atoms with Crippen LogP contribution in [0.4, 0.5) is 0 Å². The normalized spacial score (nSPS) is 12.9. The number of nitrogens with zero attached hydrogens (tertiary/aromatic N) is 1. The molecule has 1 unspecified atom stereocenters. The van der Waals surface area contributed by atoms with Gasteiger partial charge in [0, 0.05) is 18.0 Å². The van der Waals surface area contributed by atoms with Gasteiger partial charge in [0.25, 0.3) is 0 Å². The molecule has 0 aromatic heterocycles. The van der Waals surface area contributed by atoms with Crippen molar-refractivity contribution >= 4 is 0 Å². The van der Waals surface area contributed by atoms with Gasteiger partial charge in [-0.2, -0.15) is 0 Å². The molecule has 0 aliphatic rings. The van der Waals surface area contributed by atoms with Crippen molar-refractivity contribution in [3.8, 4) is 0 Å². The number of benzene rings is 1. The molecular formula is C30H53N. The molecule has 0 N–H and O–H groups in total. The lowest BCUT2D eigenvalue weighted by molar-refractivity contribution is 0.132. The minimum absolute atomic E-state index is 0.149. The monoisotopic (exact) mass is 427 g/mol. The molecule has 0 fully saturated rings. The van der Waals surface area contributed by atoms with Crippen LogP contribution < -0.4 is 0 Å². The number of unbranched alkanes of at least 4 members (excludes halogenated alkanes) is 11. The third-order valence-corrected chi connectivity index (χ3v) is 7.04. The predicted molar refractivity (Wildman–Crippen MR) is 141 cm³/mol. The van der Waals surface area contributed by atoms with Gasteiger partial charge in [0.2, 0.25) is 0 Å². The number of hydrogen-bond donors (Lipinski definition) is 0. The van der Waals surface area contributed by atoms with Gasteiger partial charge < -0.3 is 0 Å². The first kappa shape index (κ1) is 28.0. The van der Waals surface area contributed by atoms with Gasteiger partial charge in [0.05, 0.1) is 0 Å². The van der Waals surface area contributed by atoms with Crippen LogP contribution in [0.3, 0.4) is 0 Å². The van der Waals surface area contributed by atoms with Gasteiger partial charge in [-0.3, -0.25) is 4.90 Å². The average molecular weight is 428 g/mol. The minimum atomic E-state index is 0.149. The minimum Gasteiger partial charge on any atom is -0.296 e. The average Bonchev–Trinajstić information content (AvgIpc) is 2.78. The van der Waals surface area contributed by atoms with Crippen LogP contribution >= 0.6 is 0 Å². The summed E-state index contributed by atoms with van der Waals surface area (Å²) < 4.78 is 0. The van der Waals surface area contributed by atoms with Crippen LogP contribution in [0, 0.1) is 0 Å². The Morgan fingerprint density at radius 3 is 1.84 bits per heavy atom. The molecule has 1 atom stereocenters. The van der Waals surface area contributed by atoms with E-state index in [0.717, 1.165) is 6.54 Å². The third-order valence-electron chi connectivity index (χ3n) is 7.04. The van der Waals surface area contributed by atoms with Crippen LogP contribution in [0.5, 0.6) is 0 Å². The Balaban J connectivity index is 2.58. The molecule has 1 heteroatoms. The van der Waals surface area contributed by atoms with Crippen molar-refractivity contribution in [2.24, 2.45) is 0 Å². The van der Waals surface area contributed by atoms with Gasteiger partial charge in [-0.1, -0.05) is 141 Å². The number of rotatable bonds is 20. The summed E-state index contributed by atoms with van der Waals surface area (Å²) in [7, 11) is 0. The molecule has 0 bridgehead atoms. The molecule has 0 aliphatic heterocycles. The lowest BCUT2D eigenvalue weighted by atomic mass is 9.75. The van der Waals surface area contributed by atoms with E-state index in [1.54, 1.807) is 0 Å². The molecule has 178 valence electrons. The Kier molecular flexibility index (Phi) is 15.8. The molecule has 1 rings (SSSR count). The second-order valence-corrected chi connectivity index (χ2v) is 10.1. The smallest absolute Gasteiger partial charge is 0.0190 e. The summed E-state index contributed by atoms with van der Waals surface area (Å²) in [6.07, 6.45) is 21.4. The van der Waals surface area contributed by atoms with E-state index in [4.69, 9.17) is 0 Å². The molecule has 0 aliphatic carbocycles. The quantitative estimate of drug-likeness (QED) is 0.148. The highest BCUT2D eigenvalue weighted by atomic mass is 15.2. The molecule has 0 radical (unpaired) electrons. The van der Waals surface area contributed by atoms with E-state index in [9.17, 15) is 0 Å². The van der Waals surface area contributed by atoms with E-state index >= 15 is 0 Å². The molecule has 0 saturated carbocycles. The SMILES string of the molecule is C=CCN(CCCCCCCCCCCC)C(CCCCC)C(C)(C)c1ccccc1. The fourth-order valence-corrected chi connectivity index (χ4v) is 4.99. The van der Waals surface area contributed by atoms with Gasteiger partial charge in [-0.15, -0.1) is 6.58 Å². The molecule has 0 heterocycles. The van der Waals surface area contributed by atoms with Crippen LogP contribution in [-0.4, -0.2) is 24.0 Å². The lowest BCUT2D eigenvalue weighted by Gasteiger charge is -2.43. The zero-order chi connectivity index (χ0) is 22.8. The molecule has 1 aromatic rings. The predicted octanol–water partition coefficient (Wildman–Crippen LogP) is 9.32. The summed E-state index contributed by atoms with van der Waals surface area (Å²) >= 11 is 0. The van der Waals surface area contributed by atoms with Crippen molar-refractivity contribution in [2.75, 3.05) is 13.1 Å². The molecule has 31 heavy (non-hydrogen) atoms. The van der Waals surface area contributed by atoms with E-state index < -0.39 is 0 Å². The van der Waals surface area contributed by atoms with Gasteiger partial charge in [-0.25, -0.2) is 0 Å². The summed E-state index contributed by atoms with van der Waals surface area (Å²) in [6.45, 7) is 15.8. The fraction of sp³-hybridized carbons (Fsp3) is 0.733. The van der Waals surface area contributed by atoms with Crippen LogP contribution in [0.1, 0.15) is 123 Å². The van der Waals surface area contributed by atoms with E-state index in [1.165, 1.54) is 102 Å². The highest BCUT2D eigenvalue weighted by molar-refractivity contribution is 5.26. The van der Waals surface area contributed by atoms with Crippen molar-refractivity contribution in [1.29, 1.82) is 0 Å². The van der Waals surface area contributed by atoms with Gasteiger partial charge in [0.15, 0.2) is 0 Å². The molecule has 0 saturated heterocycles. The van der Waals surface area contributed by atoms with E-state index in [2.05, 4.69) is 75.6 Å². The van der Waals surface area contributed by atoms with Crippen molar-refractivity contribution in [3.63, 3.8) is 0 Å². The zero-order valence-corrected chi connectivity index (χ0v) is 21.5. The van der Waals surface area contributed by atoms with E-state index in [1.807, 2.05) is 0 Å². The fourth-order valence-electron chi connectivity index (χ4n) is 4.99. The van der Waals surface area contributed by atoms with Crippen molar-refractivity contribution < 1.29 is 0 Å². The molecule has 1 aromatic carbocycles. The molecule has 0 amide bonds. The first-order chi connectivity index (χ1) is 15.1. The Morgan fingerprint density at radius 2 is 1.29 bits per heavy atom. The van der Waals surface area contributed by atoms with Gasteiger partial charge >= 0.3 is 0 Å². The highest BCUT2D eigenvalue weighted by Gasteiger charge is 2.34. The molecule has 0 spiro atoms. The van der Waals surface area contributed by atoms with Crippen molar-refractivity contribution in [3.05, 3.63) is 48.6 Å². The second kappa shape index (κ2) is 17.5. The van der Waals surface area contributed by atoms with E-state index in [-0.39, 0.29) is 5.41 Å². The molecular weight excluding hydrogens is 374 g/mol. The second-order valence-electron chi connectivity index (χ2n) is 10.1. The maximum atomic E-state index is 4.09. The summed E-state index contributed by atoms with van der Waals surface area (Å²) in [5.74, 6) is 0. The Morgan fingerprint density at radius 1 is 0.774 bits per heavy atom. The maximum Gasteiger partial charge on any atom is 0.0190 e. The standard InChI is InChI=1S/C30H53N/c1-6-9-11-12-13-14-15-16-17-22-27-31(26-8-3)29(25-19-10-7-2)30(4,5)28-23-20-18-21-24-28/h8,18,20-21,23-24,29H,3,6-7,9-17,19,22,25-27H2,1-2,4-5H3. The topological polar surface area (TPSA) is 3.24 Å². The summed E-state index contributed by atoms with van der Waals surface area (Å²) in [6, 6.07) is 11.7. The number of hydrogen-bond acceptors (Lipinski definition) is 1. The largest absolute Gasteiger partial charge is 0.296 e. The molecule has 1 nitrogen and oxygen atoms in total. The Labute approximate surface area is 195 Å². The summed E-state index contributed by atoms with van der Waals surface area (Å²) in [5.41, 5.74) is 1.62. The Bertz CT molecular complexity index is 533. The van der Waals surface area contributed by atoms with E-state index in [0.29, 0.717) is 6.04 Å². The summed E-state index contributed by atoms with van der Waals surface area (Å²) in [5, 5.41) is 0. The zero-order valence-electron chi connectivity index (χ0n) is 21.5. The Hall–Kier alpha value is -1.08. The van der Waals surface area contributed by atoms with Gasteiger partial charge in [0.1, 0.15) is 0 Å². The van der Waals surface area contributed by atoms with Crippen LogP contribution in [-0.2, 0) is 5.41 Å². The van der Waals surface area contributed by atoms with Crippen molar-refractivity contribution in [1.82, 2.24) is 4.90 Å². The first-order valence-electron chi connectivity index (χ1n) is 13.5. The van der Waals surface area contributed by atoms with Crippen LogP contribution in [0.25, 0.3) is 0 Å². The lowest BCUT2D eigenvalue weighted by Crippen LogP contribution is -2.48. The maximum absolute atomic E-state index is 4.09. The van der Waals surface area contributed by atoms with Crippen LogP contribution in [0.15, 0.2) is 43.0 Å². The third kappa shape index (κ3) is 11.4.